The molecule has 3 aromatic rings. The van der Waals surface area contributed by atoms with Gasteiger partial charge in [0, 0.05) is 41.9 Å². The number of hydrogen-bond donors (Lipinski definition) is 1. The Hall–Kier alpha value is -2.75. The van der Waals surface area contributed by atoms with Gasteiger partial charge >= 0.3 is 0 Å². The van der Waals surface area contributed by atoms with Crippen LogP contribution in [0.25, 0.3) is 10.9 Å². The van der Waals surface area contributed by atoms with Crippen LogP contribution in [0.2, 0.25) is 0 Å². The molecule has 0 atom stereocenters. The van der Waals surface area contributed by atoms with Crippen molar-refractivity contribution in [3.05, 3.63) is 59.3 Å². The maximum absolute atomic E-state index is 13.1. The van der Waals surface area contributed by atoms with Crippen molar-refractivity contribution in [2.24, 2.45) is 0 Å². The predicted octanol–water partition coefficient (Wildman–Crippen LogP) is 5.38. The number of nitrogens with one attached hydrogen (secondary N) is 1. The van der Waals surface area contributed by atoms with Gasteiger partial charge in [0.15, 0.2) is 0 Å². The Bertz CT molecular complexity index is 967. The van der Waals surface area contributed by atoms with Gasteiger partial charge in [0.25, 0.3) is 5.91 Å². The quantitative estimate of drug-likeness (QED) is 0.639. The summed E-state index contributed by atoms with van der Waals surface area (Å²) in [4.78, 5) is 15.4. The van der Waals surface area contributed by atoms with E-state index in [9.17, 15) is 4.79 Å². The predicted molar refractivity (Wildman–Crippen MR) is 115 cm³/mol. The van der Waals surface area contributed by atoms with Gasteiger partial charge < -0.3 is 14.8 Å². The molecule has 1 amide bonds. The number of fused-ring (bicyclic) bond motifs is 1. The summed E-state index contributed by atoms with van der Waals surface area (Å²) in [7, 11) is 0. The zero-order valence-electron chi connectivity index (χ0n) is 17.0. The number of carbonyl (C=O) groups excluding carboxylic acids is 1. The largest absolute Gasteiger partial charge is 0.372 e. The number of hydrogen-bond acceptors (Lipinski definition) is 2. The molecule has 0 unspecified atom stereocenters. The summed E-state index contributed by atoms with van der Waals surface area (Å²) >= 11 is 0. The minimum atomic E-state index is -0.0516. The Morgan fingerprint density at radius 2 is 1.74 bits per heavy atom. The SMILES string of the molecule is CCN(CC)c1ccc(NC(=O)c2c(C)c3ccccc3n2CC)c(C)c1. The maximum Gasteiger partial charge on any atom is 0.272 e. The van der Waals surface area contributed by atoms with Crippen LogP contribution < -0.4 is 10.2 Å². The summed E-state index contributed by atoms with van der Waals surface area (Å²) in [6.07, 6.45) is 0. The molecule has 1 N–H and O–H groups in total. The van der Waals surface area contributed by atoms with E-state index >= 15 is 0 Å². The lowest BCUT2D eigenvalue weighted by Crippen LogP contribution is -2.22. The maximum atomic E-state index is 13.1. The molecule has 0 aliphatic heterocycles. The number of nitrogens with zero attached hydrogens (tertiary/aromatic N) is 2. The smallest absolute Gasteiger partial charge is 0.272 e. The van der Waals surface area contributed by atoms with Gasteiger partial charge in [-0.1, -0.05) is 18.2 Å². The molecule has 3 rings (SSSR count). The van der Waals surface area contributed by atoms with Crippen LogP contribution in [0.3, 0.4) is 0 Å². The molecule has 0 fully saturated rings. The molecular weight excluding hydrogens is 334 g/mol. The van der Waals surface area contributed by atoms with E-state index in [1.54, 1.807) is 0 Å². The van der Waals surface area contributed by atoms with Crippen LogP contribution in [0, 0.1) is 13.8 Å². The Morgan fingerprint density at radius 3 is 2.37 bits per heavy atom. The highest BCUT2D eigenvalue weighted by atomic mass is 16.2. The molecule has 0 saturated carbocycles. The third kappa shape index (κ3) is 3.44. The third-order valence-electron chi connectivity index (χ3n) is 5.34. The Balaban J connectivity index is 1.95. The van der Waals surface area contributed by atoms with Gasteiger partial charge in [0.2, 0.25) is 0 Å². The molecule has 1 aromatic heterocycles. The first-order chi connectivity index (χ1) is 13.0. The summed E-state index contributed by atoms with van der Waals surface area (Å²) < 4.78 is 2.10. The minimum absolute atomic E-state index is 0.0516. The molecule has 0 aliphatic rings. The van der Waals surface area contributed by atoms with E-state index < -0.39 is 0 Å². The van der Waals surface area contributed by atoms with Crippen LogP contribution in [0.4, 0.5) is 11.4 Å². The molecule has 142 valence electrons. The number of anilines is 2. The summed E-state index contributed by atoms with van der Waals surface area (Å²) in [6, 6.07) is 14.4. The molecule has 0 spiro atoms. The lowest BCUT2D eigenvalue weighted by Gasteiger charge is -2.22. The molecular formula is C23H29N3O. The number of rotatable bonds is 6. The van der Waals surface area contributed by atoms with Crippen molar-refractivity contribution in [2.75, 3.05) is 23.3 Å². The fraction of sp³-hybridized carbons (Fsp3) is 0.348. The van der Waals surface area contributed by atoms with Gasteiger partial charge in [-0.3, -0.25) is 4.79 Å². The fourth-order valence-electron chi connectivity index (χ4n) is 3.85. The van der Waals surface area contributed by atoms with E-state index in [1.807, 2.05) is 32.0 Å². The first-order valence-electron chi connectivity index (χ1n) is 9.76. The molecule has 27 heavy (non-hydrogen) atoms. The van der Waals surface area contributed by atoms with E-state index in [4.69, 9.17) is 0 Å². The molecule has 0 aliphatic carbocycles. The number of aryl methyl sites for hydroxylation is 3. The van der Waals surface area contributed by atoms with Crippen molar-refractivity contribution in [1.82, 2.24) is 4.57 Å². The van der Waals surface area contributed by atoms with Crippen LogP contribution >= 0.6 is 0 Å². The Kier molecular flexibility index (Phi) is 5.54. The van der Waals surface area contributed by atoms with Crippen molar-refractivity contribution in [1.29, 1.82) is 0 Å². The van der Waals surface area contributed by atoms with Crippen LogP contribution in [0.5, 0.6) is 0 Å². The highest BCUT2D eigenvalue weighted by Gasteiger charge is 2.20. The van der Waals surface area contributed by atoms with Crippen LogP contribution in [-0.2, 0) is 6.54 Å². The standard InChI is InChI=1S/C23H29N3O/c1-6-25(7-2)18-13-14-20(16(4)15-18)24-23(27)22-17(5)19-11-9-10-12-21(19)26(22)8-3/h9-15H,6-8H2,1-5H3,(H,24,27). The lowest BCUT2D eigenvalue weighted by molar-refractivity contribution is 0.101. The van der Waals surface area contributed by atoms with Gasteiger partial charge in [-0.15, -0.1) is 0 Å². The zero-order chi connectivity index (χ0) is 19.6. The van der Waals surface area contributed by atoms with Gasteiger partial charge in [-0.25, -0.2) is 0 Å². The van der Waals surface area contributed by atoms with Crippen molar-refractivity contribution >= 4 is 28.2 Å². The molecule has 1 heterocycles. The summed E-state index contributed by atoms with van der Waals surface area (Å²) in [5, 5.41) is 4.26. The van der Waals surface area contributed by atoms with E-state index in [0.29, 0.717) is 0 Å². The number of benzene rings is 2. The van der Waals surface area contributed by atoms with E-state index in [-0.39, 0.29) is 5.91 Å². The van der Waals surface area contributed by atoms with Crippen molar-refractivity contribution in [2.45, 2.75) is 41.2 Å². The molecule has 2 aromatic carbocycles. The highest BCUT2D eigenvalue weighted by molar-refractivity contribution is 6.08. The van der Waals surface area contributed by atoms with Gasteiger partial charge in [-0.05, 0) is 70.0 Å². The van der Waals surface area contributed by atoms with Crippen LogP contribution in [0.1, 0.15) is 42.4 Å². The number of para-hydroxylation sites is 1. The second-order valence-corrected chi connectivity index (χ2v) is 6.86. The van der Waals surface area contributed by atoms with E-state index in [2.05, 4.69) is 59.8 Å². The first kappa shape index (κ1) is 19.0. The van der Waals surface area contributed by atoms with Gasteiger partial charge in [-0.2, -0.15) is 0 Å². The Morgan fingerprint density at radius 1 is 1.04 bits per heavy atom. The lowest BCUT2D eigenvalue weighted by atomic mass is 10.1. The minimum Gasteiger partial charge on any atom is -0.372 e. The average Bonchev–Trinajstić information content (AvgIpc) is 2.97. The summed E-state index contributed by atoms with van der Waals surface area (Å²) in [5.41, 5.74) is 6.01. The topological polar surface area (TPSA) is 37.3 Å². The summed E-state index contributed by atoms with van der Waals surface area (Å²) in [6.45, 7) is 13.2. The normalized spacial score (nSPS) is 11.0. The first-order valence-corrected chi connectivity index (χ1v) is 9.76. The number of carbonyl (C=O) groups is 1. The number of aromatic nitrogens is 1. The highest BCUT2D eigenvalue weighted by Crippen LogP contribution is 2.28. The summed E-state index contributed by atoms with van der Waals surface area (Å²) in [5.74, 6) is -0.0516. The van der Waals surface area contributed by atoms with Crippen LogP contribution in [0.15, 0.2) is 42.5 Å². The second kappa shape index (κ2) is 7.87. The fourth-order valence-corrected chi connectivity index (χ4v) is 3.85. The van der Waals surface area contributed by atoms with Crippen molar-refractivity contribution in [3.63, 3.8) is 0 Å². The van der Waals surface area contributed by atoms with Crippen LogP contribution in [-0.4, -0.2) is 23.6 Å². The second-order valence-electron chi connectivity index (χ2n) is 6.86. The number of amides is 1. The molecule has 4 nitrogen and oxygen atoms in total. The van der Waals surface area contributed by atoms with Gasteiger partial charge in [0.1, 0.15) is 5.69 Å². The zero-order valence-corrected chi connectivity index (χ0v) is 17.0. The van der Waals surface area contributed by atoms with Crippen molar-refractivity contribution in [3.8, 4) is 0 Å². The van der Waals surface area contributed by atoms with Crippen molar-refractivity contribution < 1.29 is 4.79 Å². The van der Waals surface area contributed by atoms with E-state index in [1.165, 1.54) is 5.69 Å². The molecule has 4 heteroatoms. The monoisotopic (exact) mass is 363 g/mol. The molecule has 0 saturated heterocycles. The average molecular weight is 364 g/mol. The molecule has 0 radical (unpaired) electrons. The van der Waals surface area contributed by atoms with E-state index in [0.717, 1.165) is 53.0 Å². The molecule has 0 bridgehead atoms. The third-order valence-corrected chi connectivity index (χ3v) is 5.34. The Labute approximate surface area is 161 Å². The van der Waals surface area contributed by atoms with Gasteiger partial charge in [0.05, 0.1) is 0 Å².